The van der Waals surface area contributed by atoms with Crippen molar-refractivity contribution in [3.8, 4) is 0 Å². The van der Waals surface area contributed by atoms with Gasteiger partial charge >= 0.3 is 5.97 Å². The standard InChI is InChI=1S/C15H28N2O3/c1-14(2,3)11(12(18)19)17-13(20)15(10-16)8-6-4-5-7-9-15/h11H,4-10,16H2,1-3H3,(H,17,20)(H,18,19)/t11-/m0/s1. The lowest BCUT2D eigenvalue weighted by Crippen LogP contribution is -2.55. The fraction of sp³-hybridized carbons (Fsp3) is 0.867. The van der Waals surface area contributed by atoms with Crippen LogP contribution in [0.4, 0.5) is 0 Å². The van der Waals surface area contributed by atoms with E-state index in [-0.39, 0.29) is 12.5 Å². The SMILES string of the molecule is CC(C)(C)[C@@H](NC(=O)C1(CN)CCCCCC1)C(=O)O. The molecular formula is C15H28N2O3. The Labute approximate surface area is 121 Å². The van der Waals surface area contributed by atoms with Crippen LogP contribution in [0.3, 0.4) is 0 Å². The van der Waals surface area contributed by atoms with Gasteiger partial charge in [-0.25, -0.2) is 4.79 Å². The highest BCUT2D eigenvalue weighted by Crippen LogP contribution is 2.35. The van der Waals surface area contributed by atoms with Crippen LogP contribution in [-0.2, 0) is 9.59 Å². The predicted octanol–water partition coefficient (Wildman–Crippen LogP) is 1.90. The number of amides is 1. The van der Waals surface area contributed by atoms with Crippen molar-refractivity contribution in [1.82, 2.24) is 5.32 Å². The second kappa shape index (κ2) is 6.57. The third kappa shape index (κ3) is 3.95. The summed E-state index contributed by atoms with van der Waals surface area (Å²) in [6, 6.07) is -0.887. The highest BCUT2D eigenvalue weighted by Gasteiger charge is 2.41. The quantitative estimate of drug-likeness (QED) is 0.687. The second-order valence-corrected chi connectivity index (χ2v) is 7.01. The van der Waals surface area contributed by atoms with E-state index in [1.807, 2.05) is 20.8 Å². The molecule has 0 aromatic rings. The van der Waals surface area contributed by atoms with Gasteiger partial charge in [0.1, 0.15) is 6.04 Å². The number of hydrogen-bond donors (Lipinski definition) is 3. The van der Waals surface area contributed by atoms with Crippen molar-refractivity contribution in [2.45, 2.75) is 65.3 Å². The van der Waals surface area contributed by atoms with E-state index in [9.17, 15) is 14.7 Å². The number of carboxylic acid groups (broad SMARTS) is 1. The highest BCUT2D eigenvalue weighted by molar-refractivity contribution is 5.88. The van der Waals surface area contributed by atoms with Gasteiger partial charge in [0.15, 0.2) is 0 Å². The van der Waals surface area contributed by atoms with E-state index >= 15 is 0 Å². The van der Waals surface area contributed by atoms with Gasteiger partial charge in [0.05, 0.1) is 5.41 Å². The summed E-state index contributed by atoms with van der Waals surface area (Å²) >= 11 is 0. The predicted molar refractivity (Wildman–Crippen MR) is 78.2 cm³/mol. The molecule has 20 heavy (non-hydrogen) atoms. The lowest BCUT2D eigenvalue weighted by Gasteiger charge is -2.34. The third-order valence-electron chi connectivity index (χ3n) is 4.32. The molecular weight excluding hydrogens is 256 g/mol. The van der Waals surface area contributed by atoms with Gasteiger partial charge in [0.25, 0.3) is 0 Å². The monoisotopic (exact) mass is 284 g/mol. The number of carbonyl (C=O) groups excluding carboxylic acids is 1. The molecule has 0 saturated heterocycles. The Morgan fingerprint density at radius 3 is 2.05 bits per heavy atom. The Hall–Kier alpha value is -1.10. The highest BCUT2D eigenvalue weighted by atomic mass is 16.4. The number of nitrogens with one attached hydrogen (secondary N) is 1. The summed E-state index contributed by atoms with van der Waals surface area (Å²) in [7, 11) is 0. The molecule has 1 atom stereocenters. The van der Waals surface area contributed by atoms with Crippen molar-refractivity contribution in [1.29, 1.82) is 0 Å². The van der Waals surface area contributed by atoms with Gasteiger partial charge in [-0.15, -0.1) is 0 Å². The molecule has 0 unspecified atom stereocenters. The average molecular weight is 284 g/mol. The summed E-state index contributed by atoms with van der Waals surface area (Å²) in [4.78, 5) is 24.0. The Morgan fingerprint density at radius 1 is 1.20 bits per heavy atom. The molecule has 0 spiro atoms. The molecule has 0 aromatic heterocycles. The molecule has 1 aliphatic rings. The number of rotatable bonds is 4. The average Bonchev–Trinajstić information content (AvgIpc) is 2.60. The maximum atomic E-state index is 12.6. The molecule has 5 heteroatoms. The fourth-order valence-electron chi connectivity index (χ4n) is 2.86. The van der Waals surface area contributed by atoms with Crippen LogP contribution in [0, 0.1) is 10.8 Å². The topological polar surface area (TPSA) is 92.4 Å². The summed E-state index contributed by atoms with van der Waals surface area (Å²) in [5, 5.41) is 12.0. The van der Waals surface area contributed by atoms with Crippen LogP contribution >= 0.6 is 0 Å². The van der Waals surface area contributed by atoms with Gasteiger partial charge in [-0.2, -0.15) is 0 Å². The number of carboxylic acids is 1. The largest absolute Gasteiger partial charge is 0.480 e. The minimum Gasteiger partial charge on any atom is -0.480 e. The zero-order valence-electron chi connectivity index (χ0n) is 12.9. The Balaban J connectivity index is 2.87. The molecule has 0 aromatic carbocycles. The van der Waals surface area contributed by atoms with Crippen molar-refractivity contribution < 1.29 is 14.7 Å². The first-order valence-corrected chi connectivity index (χ1v) is 7.47. The van der Waals surface area contributed by atoms with Crippen LogP contribution in [0.15, 0.2) is 0 Å². The smallest absolute Gasteiger partial charge is 0.326 e. The van der Waals surface area contributed by atoms with E-state index in [0.29, 0.717) is 0 Å². The molecule has 1 fully saturated rings. The molecule has 0 heterocycles. The van der Waals surface area contributed by atoms with E-state index in [1.165, 1.54) is 0 Å². The van der Waals surface area contributed by atoms with E-state index in [4.69, 9.17) is 5.73 Å². The molecule has 1 rings (SSSR count). The van der Waals surface area contributed by atoms with Crippen LogP contribution in [0.5, 0.6) is 0 Å². The lowest BCUT2D eigenvalue weighted by molar-refractivity contribution is -0.147. The molecule has 4 N–H and O–H groups in total. The number of hydrogen-bond acceptors (Lipinski definition) is 3. The minimum absolute atomic E-state index is 0.191. The van der Waals surface area contributed by atoms with Gasteiger partial charge in [-0.1, -0.05) is 46.5 Å². The zero-order chi connectivity index (χ0) is 15.4. The summed E-state index contributed by atoms with van der Waals surface area (Å²) in [5.74, 6) is -1.18. The normalized spacial score (nSPS) is 20.8. The van der Waals surface area contributed by atoms with Crippen LogP contribution in [0.1, 0.15) is 59.3 Å². The van der Waals surface area contributed by atoms with Crippen molar-refractivity contribution in [3.63, 3.8) is 0 Å². The van der Waals surface area contributed by atoms with E-state index in [0.717, 1.165) is 38.5 Å². The summed E-state index contributed by atoms with van der Waals surface area (Å²) in [6.45, 7) is 5.73. The molecule has 0 bridgehead atoms. The van der Waals surface area contributed by atoms with Gasteiger partial charge in [-0.3, -0.25) is 4.79 Å². The first-order valence-electron chi connectivity index (χ1n) is 7.47. The van der Waals surface area contributed by atoms with Crippen molar-refractivity contribution in [3.05, 3.63) is 0 Å². The maximum absolute atomic E-state index is 12.6. The van der Waals surface area contributed by atoms with Crippen LogP contribution in [-0.4, -0.2) is 29.6 Å². The third-order valence-corrected chi connectivity index (χ3v) is 4.32. The Bertz CT molecular complexity index is 353. The lowest BCUT2D eigenvalue weighted by atomic mass is 9.78. The fourth-order valence-corrected chi connectivity index (χ4v) is 2.86. The van der Waals surface area contributed by atoms with Crippen molar-refractivity contribution in [2.24, 2.45) is 16.6 Å². The molecule has 0 radical (unpaired) electrons. The number of nitrogens with two attached hydrogens (primary N) is 1. The Morgan fingerprint density at radius 2 is 1.70 bits per heavy atom. The molecule has 5 nitrogen and oxygen atoms in total. The number of aliphatic carboxylic acids is 1. The molecule has 1 aliphatic carbocycles. The molecule has 116 valence electrons. The maximum Gasteiger partial charge on any atom is 0.326 e. The van der Waals surface area contributed by atoms with Gasteiger partial charge in [0, 0.05) is 6.54 Å². The van der Waals surface area contributed by atoms with Crippen molar-refractivity contribution >= 4 is 11.9 Å². The van der Waals surface area contributed by atoms with E-state index in [2.05, 4.69) is 5.32 Å². The molecule has 0 aliphatic heterocycles. The minimum atomic E-state index is -0.994. The van der Waals surface area contributed by atoms with Gasteiger partial charge < -0.3 is 16.2 Å². The van der Waals surface area contributed by atoms with Gasteiger partial charge in [-0.05, 0) is 18.3 Å². The first-order chi connectivity index (χ1) is 9.23. The van der Waals surface area contributed by atoms with E-state index in [1.54, 1.807) is 0 Å². The summed E-state index contributed by atoms with van der Waals surface area (Å²) in [5.41, 5.74) is 4.75. The summed E-state index contributed by atoms with van der Waals surface area (Å²) < 4.78 is 0. The van der Waals surface area contributed by atoms with Crippen molar-refractivity contribution in [2.75, 3.05) is 6.54 Å². The summed E-state index contributed by atoms with van der Waals surface area (Å²) in [6.07, 6.45) is 5.72. The first kappa shape index (κ1) is 17.0. The van der Waals surface area contributed by atoms with Gasteiger partial charge in [0.2, 0.25) is 5.91 Å². The van der Waals surface area contributed by atoms with E-state index < -0.39 is 22.8 Å². The van der Waals surface area contributed by atoms with Crippen LogP contribution in [0.2, 0.25) is 0 Å². The number of carbonyl (C=O) groups is 2. The van der Waals surface area contributed by atoms with Crippen LogP contribution in [0.25, 0.3) is 0 Å². The molecule has 1 amide bonds. The van der Waals surface area contributed by atoms with Crippen LogP contribution < -0.4 is 11.1 Å². The Kier molecular flexibility index (Phi) is 5.57. The molecule has 1 saturated carbocycles. The zero-order valence-corrected chi connectivity index (χ0v) is 12.9. The second-order valence-electron chi connectivity index (χ2n) is 7.01.